The molecule has 2 aromatic carbocycles. The van der Waals surface area contributed by atoms with Gasteiger partial charge in [0.05, 0.1) is 23.0 Å². The average Bonchev–Trinajstić information content (AvgIpc) is 3.66. The third-order valence-electron chi connectivity index (χ3n) is 6.45. The number of nitrogens with one attached hydrogen (secondary N) is 2. The van der Waals surface area contributed by atoms with E-state index in [2.05, 4.69) is 35.1 Å². The second-order valence-corrected chi connectivity index (χ2v) is 9.64. The first-order chi connectivity index (χ1) is 18.9. The Morgan fingerprint density at radius 2 is 2.03 bits per heavy atom. The molecule has 0 saturated carbocycles. The summed E-state index contributed by atoms with van der Waals surface area (Å²) >= 11 is 1.25. The zero-order valence-electron chi connectivity index (χ0n) is 20.8. The molecule has 1 aliphatic rings. The number of aromatic nitrogens is 4. The van der Waals surface area contributed by atoms with E-state index >= 15 is 0 Å². The maximum absolute atomic E-state index is 14.1. The maximum Gasteiger partial charge on any atom is 0.358 e. The first-order valence-corrected chi connectivity index (χ1v) is 12.9. The third-order valence-corrected chi connectivity index (χ3v) is 7.01. The molecular formula is C26H24F2N8O2S. The quantitative estimate of drug-likeness (QED) is 0.316. The Morgan fingerprint density at radius 3 is 2.74 bits per heavy atom. The number of halogens is 2. The van der Waals surface area contributed by atoms with Gasteiger partial charge in [-0.2, -0.15) is 0 Å². The van der Waals surface area contributed by atoms with Crippen molar-refractivity contribution in [3.05, 3.63) is 93.8 Å². The lowest BCUT2D eigenvalue weighted by Crippen LogP contribution is -2.42. The van der Waals surface area contributed by atoms with Gasteiger partial charge in [-0.05, 0) is 48.3 Å². The first kappa shape index (κ1) is 26.2. The Hall–Kier alpha value is -4.41. The molecular weight excluding hydrogens is 526 g/mol. The number of benzene rings is 2. The summed E-state index contributed by atoms with van der Waals surface area (Å²) in [6, 6.07) is 12.1. The number of ether oxygens (including phenoxy) is 1. The van der Waals surface area contributed by atoms with Crippen LogP contribution in [-0.2, 0) is 6.54 Å². The molecule has 13 heteroatoms. The van der Waals surface area contributed by atoms with Crippen molar-refractivity contribution in [1.82, 2.24) is 29.6 Å². The van der Waals surface area contributed by atoms with E-state index < -0.39 is 23.7 Å². The highest BCUT2D eigenvalue weighted by Gasteiger charge is 2.36. The van der Waals surface area contributed by atoms with Crippen molar-refractivity contribution in [2.75, 3.05) is 25.1 Å². The van der Waals surface area contributed by atoms with Gasteiger partial charge < -0.3 is 10.1 Å². The molecule has 0 unspecified atom stereocenters. The summed E-state index contributed by atoms with van der Waals surface area (Å²) < 4.78 is 38.7. The van der Waals surface area contributed by atoms with Crippen molar-refractivity contribution in [3.63, 3.8) is 0 Å². The number of carbonyl (C=O) groups excluding carboxylic acids is 1. The Bertz CT molecular complexity index is 1490. The van der Waals surface area contributed by atoms with E-state index in [1.165, 1.54) is 22.3 Å². The van der Waals surface area contributed by atoms with Gasteiger partial charge in [-0.3, -0.25) is 15.1 Å². The monoisotopic (exact) mass is 550 g/mol. The SMILES string of the molecule is [C-]#[N+]COc1nn(-c2ccccc2)c(NC(=O)N[C@@H]2CN(Cc3csnn3)C[C@H]2c2ccc(F)c(F)c2)c1C. The van der Waals surface area contributed by atoms with E-state index in [4.69, 9.17) is 11.3 Å². The molecule has 0 bridgehead atoms. The molecule has 2 aromatic heterocycles. The average molecular weight is 551 g/mol. The van der Waals surface area contributed by atoms with Crippen LogP contribution in [0.15, 0.2) is 53.9 Å². The molecule has 1 aliphatic heterocycles. The van der Waals surface area contributed by atoms with Gasteiger partial charge in [0.2, 0.25) is 5.88 Å². The lowest BCUT2D eigenvalue weighted by atomic mass is 9.94. The number of urea groups is 1. The molecule has 1 saturated heterocycles. The van der Waals surface area contributed by atoms with Crippen molar-refractivity contribution < 1.29 is 18.3 Å². The molecule has 2 N–H and O–H groups in total. The van der Waals surface area contributed by atoms with Crippen LogP contribution < -0.4 is 15.4 Å². The van der Waals surface area contributed by atoms with E-state index in [9.17, 15) is 13.6 Å². The van der Waals surface area contributed by atoms with Gasteiger partial charge >= 0.3 is 12.8 Å². The van der Waals surface area contributed by atoms with Gasteiger partial charge in [0.15, 0.2) is 11.6 Å². The minimum absolute atomic E-state index is 0.208. The molecule has 39 heavy (non-hydrogen) atoms. The fourth-order valence-corrected chi connectivity index (χ4v) is 5.09. The minimum atomic E-state index is -0.938. The van der Waals surface area contributed by atoms with Crippen LogP contribution in [0.2, 0.25) is 0 Å². The highest BCUT2D eigenvalue weighted by Crippen LogP contribution is 2.31. The number of carbonyl (C=O) groups is 1. The molecule has 0 spiro atoms. The molecule has 2 atom stereocenters. The summed E-state index contributed by atoms with van der Waals surface area (Å²) in [4.78, 5) is 18.6. The van der Waals surface area contributed by atoms with Gasteiger partial charge in [0, 0.05) is 30.9 Å². The van der Waals surface area contributed by atoms with Crippen LogP contribution in [0.25, 0.3) is 10.5 Å². The molecule has 0 aliphatic carbocycles. The Labute approximate surface area is 227 Å². The normalized spacial score (nSPS) is 17.1. The van der Waals surface area contributed by atoms with E-state index in [1.807, 2.05) is 35.7 Å². The third kappa shape index (κ3) is 5.87. The smallest absolute Gasteiger partial charge is 0.358 e. The Kier molecular flexibility index (Phi) is 7.76. The topological polar surface area (TPSA) is 102 Å². The predicted octanol–water partition coefficient (Wildman–Crippen LogP) is 4.36. The van der Waals surface area contributed by atoms with Crippen LogP contribution in [0.4, 0.5) is 19.4 Å². The second kappa shape index (κ2) is 11.5. The number of nitrogens with zero attached hydrogens (tertiary/aromatic N) is 6. The maximum atomic E-state index is 14.1. The van der Waals surface area contributed by atoms with Gasteiger partial charge in [-0.15, -0.1) is 10.2 Å². The minimum Gasteiger partial charge on any atom is -0.406 e. The number of anilines is 1. The summed E-state index contributed by atoms with van der Waals surface area (Å²) in [7, 11) is 0. The van der Waals surface area contributed by atoms with E-state index in [0.29, 0.717) is 42.3 Å². The van der Waals surface area contributed by atoms with Crippen molar-refractivity contribution >= 4 is 23.4 Å². The summed E-state index contributed by atoms with van der Waals surface area (Å²) in [5.74, 6) is -1.55. The number of hydrogen-bond acceptors (Lipinski definition) is 7. The highest BCUT2D eigenvalue weighted by molar-refractivity contribution is 7.03. The number of para-hydroxylation sites is 1. The van der Waals surface area contributed by atoms with Crippen LogP contribution in [0.5, 0.6) is 5.88 Å². The zero-order valence-corrected chi connectivity index (χ0v) is 21.7. The van der Waals surface area contributed by atoms with Gasteiger partial charge in [0.1, 0.15) is 5.82 Å². The van der Waals surface area contributed by atoms with Gasteiger partial charge in [0.25, 0.3) is 0 Å². The lowest BCUT2D eigenvalue weighted by Gasteiger charge is -2.21. The van der Waals surface area contributed by atoms with Crippen LogP contribution >= 0.6 is 11.5 Å². The van der Waals surface area contributed by atoms with Crippen LogP contribution in [0.3, 0.4) is 0 Å². The molecule has 5 rings (SSSR count). The number of rotatable bonds is 8. The summed E-state index contributed by atoms with van der Waals surface area (Å²) in [5.41, 5.74) is 2.62. The zero-order chi connectivity index (χ0) is 27.4. The summed E-state index contributed by atoms with van der Waals surface area (Å²) in [5, 5.41) is 16.3. The Morgan fingerprint density at radius 1 is 1.21 bits per heavy atom. The molecule has 2 amide bonds. The summed E-state index contributed by atoms with van der Waals surface area (Å²) in [6.07, 6.45) is 0. The number of hydrogen-bond donors (Lipinski definition) is 2. The van der Waals surface area contributed by atoms with Crippen molar-refractivity contribution in [2.24, 2.45) is 0 Å². The van der Waals surface area contributed by atoms with E-state index in [-0.39, 0.29) is 18.5 Å². The second-order valence-electron chi connectivity index (χ2n) is 9.03. The molecule has 3 heterocycles. The van der Waals surface area contributed by atoms with Crippen molar-refractivity contribution in [3.8, 4) is 11.6 Å². The van der Waals surface area contributed by atoms with E-state index in [0.717, 1.165) is 11.8 Å². The summed E-state index contributed by atoms with van der Waals surface area (Å²) in [6.45, 7) is 10.0. The van der Waals surface area contributed by atoms with Crippen LogP contribution in [0, 0.1) is 25.1 Å². The molecule has 200 valence electrons. The molecule has 10 nitrogen and oxygen atoms in total. The Balaban J connectivity index is 1.39. The molecule has 0 radical (unpaired) electrons. The highest BCUT2D eigenvalue weighted by atomic mass is 32.1. The fourth-order valence-electron chi connectivity index (χ4n) is 4.64. The standard InChI is InChI=1S/C26H24F2N8O2S/c1-16-24(36(19-6-4-3-5-7-19)33-25(16)38-15-29-2)31-26(37)30-23-13-35(11-18-14-39-34-32-18)12-20(23)17-8-9-21(27)22(28)10-17/h3-10,14,20,23H,11-13,15H2,1H3,(H2,30,31,37)/t20-,23+/m0/s1. The molecule has 4 aromatic rings. The van der Waals surface area contributed by atoms with Gasteiger partial charge in [-0.25, -0.2) is 24.8 Å². The fraction of sp³-hybridized carbons (Fsp3) is 0.269. The van der Waals surface area contributed by atoms with Crippen LogP contribution in [0.1, 0.15) is 22.7 Å². The molecule has 1 fully saturated rings. The van der Waals surface area contributed by atoms with E-state index in [1.54, 1.807) is 13.0 Å². The van der Waals surface area contributed by atoms with Gasteiger partial charge in [-0.1, -0.05) is 28.8 Å². The van der Waals surface area contributed by atoms with Crippen molar-refractivity contribution in [1.29, 1.82) is 0 Å². The lowest BCUT2D eigenvalue weighted by molar-refractivity contribution is 0.246. The predicted molar refractivity (Wildman–Crippen MR) is 141 cm³/mol. The van der Waals surface area contributed by atoms with Crippen molar-refractivity contribution in [2.45, 2.75) is 25.4 Å². The number of amides is 2. The number of likely N-dealkylation sites (tertiary alicyclic amines) is 1. The largest absolute Gasteiger partial charge is 0.406 e. The van der Waals surface area contributed by atoms with Crippen LogP contribution in [-0.4, -0.2) is 56.2 Å². The first-order valence-electron chi connectivity index (χ1n) is 12.0.